The summed E-state index contributed by atoms with van der Waals surface area (Å²) in [5.41, 5.74) is 1.13. The Morgan fingerprint density at radius 1 is 1.56 bits per heavy atom. The van der Waals surface area contributed by atoms with Crippen molar-refractivity contribution in [3.05, 3.63) is 46.4 Å². The van der Waals surface area contributed by atoms with Crippen molar-refractivity contribution in [1.29, 1.82) is 0 Å². The van der Waals surface area contributed by atoms with E-state index in [2.05, 4.69) is 15.4 Å². The summed E-state index contributed by atoms with van der Waals surface area (Å²) in [6.07, 6.45) is 5.13. The number of anilines is 1. The monoisotopic (exact) mass is 247 g/mol. The molecule has 0 bridgehead atoms. The minimum atomic E-state index is -0.441. The number of aryl methyl sites for hydroxylation is 1. The number of hydrogen-bond donors (Lipinski definition) is 1. The highest BCUT2D eigenvalue weighted by Crippen LogP contribution is 2.13. The van der Waals surface area contributed by atoms with Gasteiger partial charge in [0.05, 0.1) is 23.7 Å². The van der Waals surface area contributed by atoms with Crippen molar-refractivity contribution in [1.82, 2.24) is 14.8 Å². The summed E-state index contributed by atoms with van der Waals surface area (Å²) in [6, 6.07) is 2.77. The number of hydrogen-bond acceptors (Lipinski definition) is 5. The zero-order chi connectivity index (χ0) is 13.0. The van der Waals surface area contributed by atoms with Crippen molar-refractivity contribution in [2.45, 2.75) is 13.5 Å². The van der Waals surface area contributed by atoms with Gasteiger partial charge in [0.25, 0.3) is 5.69 Å². The van der Waals surface area contributed by atoms with Crippen molar-refractivity contribution < 1.29 is 4.92 Å². The van der Waals surface area contributed by atoms with E-state index in [9.17, 15) is 10.1 Å². The van der Waals surface area contributed by atoms with Gasteiger partial charge in [-0.1, -0.05) is 0 Å². The fourth-order valence-electron chi connectivity index (χ4n) is 1.52. The summed E-state index contributed by atoms with van der Waals surface area (Å²) in [5.74, 6) is 0.494. The first-order valence-electron chi connectivity index (χ1n) is 5.48. The smallest absolute Gasteiger partial charge is 0.274 e. The summed E-state index contributed by atoms with van der Waals surface area (Å²) in [7, 11) is 0. The van der Waals surface area contributed by atoms with E-state index in [1.807, 2.05) is 13.1 Å². The molecule has 0 saturated carbocycles. The van der Waals surface area contributed by atoms with Crippen LogP contribution in [0.4, 0.5) is 11.5 Å². The van der Waals surface area contributed by atoms with Crippen molar-refractivity contribution in [3.63, 3.8) is 0 Å². The highest BCUT2D eigenvalue weighted by molar-refractivity contribution is 5.43. The average Bonchev–Trinajstić information content (AvgIpc) is 2.75. The van der Waals surface area contributed by atoms with Crippen molar-refractivity contribution in [2.24, 2.45) is 0 Å². The lowest BCUT2D eigenvalue weighted by atomic mass is 10.4. The van der Waals surface area contributed by atoms with Crippen LogP contribution in [0.2, 0.25) is 0 Å². The number of nitro groups is 1. The lowest BCUT2D eigenvalue weighted by molar-refractivity contribution is -0.384. The van der Waals surface area contributed by atoms with Crippen LogP contribution in [0.1, 0.15) is 5.56 Å². The van der Waals surface area contributed by atoms with Gasteiger partial charge in [0, 0.05) is 25.0 Å². The van der Waals surface area contributed by atoms with Gasteiger partial charge in [-0.3, -0.25) is 14.8 Å². The Morgan fingerprint density at radius 2 is 2.39 bits per heavy atom. The molecule has 2 aromatic rings. The minimum absolute atomic E-state index is 0.0300. The van der Waals surface area contributed by atoms with Crippen LogP contribution in [0.3, 0.4) is 0 Å². The third-order valence-electron chi connectivity index (χ3n) is 2.36. The van der Waals surface area contributed by atoms with Crippen LogP contribution in [0, 0.1) is 17.0 Å². The van der Waals surface area contributed by atoms with Crippen LogP contribution in [0.5, 0.6) is 0 Å². The standard InChI is InChI=1S/C11H13N5O2/c1-9-7-14-15(8-9)5-4-13-11-6-10(16(17)18)2-3-12-11/h2-3,6-8H,4-5H2,1H3,(H,12,13). The molecule has 0 fully saturated rings. The number of nitrogens with zero attached hydrogens (tertiary/aromatic N) is 4. The Labute approximate surface area is 104 Å². The maximum Gasteiger partial charge on any atom is 0.274 e. The van der Waals surface area contributed by atoms with Crippen LogP contribution in [0.15, 0.2) is 30.7 Å². The molecule has 0 unspecified atom stereocenters. The van der Waals surface area contributed by atoms with E-state index in [1.54, 1.807) is 10.9 Å². The maximum atomic E-state index is 10.6. The lowest BCUT2D eigenvalue weighted by Gasteiger charge is -2.05. The zero-order valence-electron chi connectivity index (χ0n) is 9.91. The van der Waals surface area contributed by atoms with E-state index in [0.29, 0.717) is 18.9 Å². The Kier molecular flexibility index (Phi) is 3.52. The van der Waals surface area contributed by atoms with Gasteiger partial charge in [-0.2, -0.15) is 5.10 Å². The predicted octanol–water partition coefficient (Wildman–Crippen LogP) is 1.61. The largest absolute Gasteiger partial charge is 0.368 e. The minimum Gasteiger partial charge on any atom is -0.368 e. The van der Waals surface area contributed by atoms with E-state index < -0.39 is 4.92 Å². The lowest BCUT2D eigenvalue weighted by Crippen LogP contribution is -2.11. The first kappa shape index (κ1) is 12.0. The van der Waals surface area contributed by atoms with E-state index in [0.717, 1.165) is 5.56 Å². The van der Waals surface area contributed by atoms with Crippen molar-refractivity contribution in [3.8, 4) is 0 Å². The summed E-state index contributed by atoms with van der Waals surface area (Å²) in [4.78, 5) is 14.2. The second kappa shape index (κ2) is 5.26. The van der Waals surface area contributed by atoms with E-state index in [4.69, 9.17) is 0 Å². The first-order chi connectivity index (χ1) is 8.65. The molecule has 0 aliphatic rings. The van der Waals surface area contributed by atoms with Gasteiger partial charge in [0.1, 0.15) is 5.82 Å². The highest BCUT2D eigenvalue weighted by atomic mass is 16.6. The molecule has 2 heterocycles. The van der Waals surface area contributed by atoms with Gasteiger partial charge in [-0.25, -0.2) is 4.98 Å². The molecule has 2 aromatic heterocycles. The molecule has 0 spiro atoms. The summed E-state index contributed by atoms with van der Waals surface area (Å²) in [6.45, 7) is 3.26. The molecular formula is C11H13N5O2. The van der Waals surface area contributed by atoms with Crippen LogP contribution < -0.4 is 5.32 Å². The number of rotatable bonds is 5. The molecular weight excluding hydrogens is 234 g/mol. The summed E-state index contributed by atoms with van der Waals surface area (Å²) < 4.78 is 1.81. The Balaban J connectivity index is 1.90. The van der Waals surface area contributed by atoms with Gasteiger partial charge >= 0.3 is 0 Å². The second-order valence-corrected chi connectivity index (χ2v) is 3.86. The van der Waals surface area contributed by atoms with Gasteiger partial charge in [0.15, 0.2) is 0 Å². The van der Waals surface area contributed by atoms with E-state index in [1.165, 1.54) is 18.3 Å². The quantitative estimate of drug-likeness (QED) is 0.640. The highest BCUT2D eigenvalue weighted by Gasteiger charge is 2.06. The Hall–Kier alpha value is -2.44. The van der Waals surface area contributed by atoms with Gasteiger partial charge in [-0.15, -0.1) is 0 Å². The Bertz CT molecular complexity index is 552. The number of aromatic nitrogens is 3. The molecule has 0 aromatic carbocycles. The van der Waals surface area contributed by atoms with Crippen LogP contribution >= 0.6 is 0 Å². The molecule has 0 aliphatic carbocycles. The van der Waals surface area contributed by atoms with Crippen molar-refractivity contribution >= 4 is 11.5 Å². The third-order valence-corrected chi connectivity index (χ3v) is 2.36. The summed E-state index contributed by atoms with van der Waals surface area (Å²) >= 11 is 0. The van der Waals surface area contributed by atoms with E-state index >= 15 is 0 Å². The SMILES string of the molecule is Cc1cnn(CCNc2cc([N+](=O)[O-])ccn2)c1. The second-order valence-electron chi connectivity index (χ2n) is 3.86. The normalized spacial score (nSPS) is 10.3. The van der Waals surface area contributed by atoms with Crippen LogP contribution in [0.25, 0.3) is 0 Å². The predicted molar refractivity (Wildman–Crippen MR) is 66.3 cm³/mol. The molecule has 18 heavy (non-hydrogen) atoms. The molecule has 0 aliphatic heterocycles. The maximum absolute atomic E-state index is 10.6. The molecule has 94 valence electrons. The number of nitrogens with one attached hydrogen (secondary N) is 1. The fraction of sp³-hybridized carbons (Fsp3) is 0.273. The molecule has 7 heteroatoms. The van der Waals surface area contributed by atoms with Gasteiger partial charge in [-0.05, 0) is 12.5 Å². The van der Waals surface area contributed by atoms with Gasteiger partial charge in [0.2, 0.25) is 0 Å². The molecule has 0 radical (unpaired) electrons. The van der Waals surface area contributed by atoms with E-state index in [-0.39, 0.29) is 5.69 Å². The average molecular weight is 247 g/mol. The van der Waals surface area contributed by atoms with Crippen LogP contribution in [-0.2, 0) is 6.54 Å². The molecule has 7 nitrogen and oxygen atoms in total. The zero-order valence-corrected chi connectivity index (χ0v) is 9.91. The fourth-order valence-corrected chi connectivity index (χ4v) is 1.52. The summed E-state index contributed by atoms with van der Waals surface area (Å²) in [5, 5.41) is 17.7. The molecule has 0 amide bonds. The molecule has 2 rings (SSSR count). The first-order valence-corrected chi connectivity index (χ1v) is 5.48. The topological polar surface area (TPSA) is 85.9 Å². The molecule has 1 N–H and O–H groups in total. The molecule has 0 saturated heterocycles. The third kappa shape index (κ3) is 3.03. The Morgan fingerprint density at radius 3 is 3.06 bits per heavy atom. The van der Waals surface area contributed by atoms with Crippen molar-refractivity contribution in [2.75, 3.05) is 11.9 Å². The van der Waals surface area contributed by atoms with Crippen LogP contribution in [-0.4, -0.2) is 26.2 Å². The number of pyridine rings is 1. The van der Waals surface area contributed by atoms with Gasteiger partial charge < -0.3 is 5.32 Å². The molecule has 0 atom stereocenters.